The maximum absolute atomic E-state index is 13.4. The van der Waals surface area contributed by atoms with Gasteiger partial charge in [-0.15, -0.1) is 10.2 Å². The molecule has 17 heteroatoms. The van der Waals surface area contributed by atoms with Crippen molar-refractivity contribution in [1.82, 2.24) is 14.8 Å². The first-order valence-corrected chi connectivity index (χ1v) is 16.1. The monoisotopic (exact) mass is 717 g/mol. The summed E-state index contributed by atoms with van der Waals surface area (Å²) in [5.74, 6) is 0.780. The van der Waals surface area contributed by atoms with Crippen LogP contribution in [0.5, 0.6) is 11.5 Å². The van der Waals surface area contributed by atoms with E-state index in [1.54, 1.807) is 42.5 Å². The van der Waals surface area contributed by atoms with Crippen LogP contribution < -0.4 is 19.7 Å². The number of alkyl halides is 5. The molecule has 1 N–H and O–H groups in total. The molecule has 1 aliphatic heterocycles. The lowest BCUT2D eigenvalue weighted by molar-refractivity contribution is -0.360. The number of aromatic nitrogens is 3. The van der Waals surface area contributed by atoms with Gasteiger partial charge in [0, 0.05) is 25.3 Å². The van der Waals surface area contributed by atoms with E-state index in [2.05, 4.69) is 30.3 Å². The Morgan fingerprint density at radius 1 is 1.00 bits per heavy atom. The highest BCUT2D eigenvalue weighted by Gasteiger charge is 2.61. The van der Waals surface area contributed by atoms with E-state index < -0.39 is 18.0 Å². The van der Waals surface area contributed by atoms with Crippen LogP contribution in [-0.4, -0.2) is 77.5 Å². The summed E-state index contributed by atoms with van der Waals surface area (Å²) in [7, 11) is 3.09. The van der Waals surface area contributed by atoms with E-state index in [9.17, 15) is 26.7 Å². The van der Waals surface area contributed by atoms with Gasteiger partial charge in [-0.2, -0.15) is 36.7 Å². The van der Waals surface area contributed by atoms with Crippen LogP contribution in [0.2, 0.25) is 0 Å². The molecule has 1 aliphatic rings. The van der Waals surface area contributed by atoms with Crippen LogP contribution in [-0.2, 0) is 9.53 Å². The Hall–Kier alpha value is -5.03. The molecule has 0 atom stereocenters. The molecule has 1 saturated heterocycles. The first kappa shape index (κ1) is 36.3. The van der Waals surface area contributed by atoms with Crippen molar-refractivity contribution in [3.63, 3.8) is 0 Å². The van der Waals surface area contributed by atoms with Crippen molar-refractivity contribution in [2.45, 2.75) is 32.1 Å². The van der Waals surface area contributed by atoms with Gasteiger partial charge in [-0.05, 0) is 47.4 Å². The molecule has 2 heterocycles. The molecule has 0 radical (unpaired) electrons. The SMILES string of the molecule is COCCNc1nc(-c2ccc(C=NN=C3SCC(=O)N3c3cc(OC)ccc3C(C)C)cc2)nn1-c1ccc(OC(F)(F)C(F)(F)F)cc1. The Balaban J connectivity index is 1.35. The summed E-state index contributed by atoms with van der Waals surface area (Å²) in [4.78, 5) is 19.0. The highest BCUT2D eigenvalue weighted by atomic mass is 32.2. The molecule has 3 aromatic carbocycles. The summed E-state index contributed by atoms with van der Waals surface area (Å²) in [6.45, 7) is 4.77. The van der Waals surface area contributed by atoms with Crippen LogP contribution in [0.15, 0.2) is 76.9 Å². The number of halogens is 5. The van der Waals surface area contributed by atoms with Crippen molar-refractivity contribution >= 4 is 40.7 Å². The third-order valence-corrected chi connectivity index (χ3v) is 8.15. The van der Waals surface area contributed by atoms with Gasteiger partial charge in [0.2, 0.25) is 11.9 Å². The van der Waals surface area contributed by atoms with E-state index in [4.69, 9.17) is 9.47 Å². The molecule has 50 heavy (non-hydrogen) atoms. The zero-order chi connectivity index (χ0) is 36.1. The first-order chi connectivity index (χ1) is 23.8. The lowest BCUT2D eigenvalue weighted by Crippen LogP contribution is -2.41. The van der Waals surface area contributed by atoms with Gasteiger partial charge < -0.3 is 19.5 Å². The maximum Gasteiger partial charge on any atom is 0.499 e. The predicted molar refractivity (Wildman–Crippen MR) is 181 cm³/mol. The van der Waals surface area contributed by atoms with Gasteiger partial charge in [-0.25, -0.2) is 0 Å². The summed E-state index contributed by atoms with van der Waals surface area (Å²) in [6, 6.07) is 17.2. The standard InChI is InChI=1S/C33H32F5N7O4S/c1-20(2)26-14-13-25(48-4)17-27(26)44-28(46)19-50-31(44)42-40-18-21-5-7-22(8-6-21)29-41-30(39-15-16-47-3)45(43-29)23-9-11-24(12-10-23)49-33(37,38)32(34,35)36/h5-14,17-18,20H,15-16,19H2,1-4H3,(H,39,41,43). The van der Waals surface area contributed by atoms with E-state index in [-0.39, 0.29) is 23.5 Å². The number of amides is 1. The Morgan fingerprint density at radius 3 is 2.34 bits per heavy atom. The average Bonchev–Trinajstić information content (AvgIpc) is 3.67. The number of hydrogen-bond acceptors (Lipinski definition) is 10. The zero-order valence-corrected chi connectivity index (χ0v) is 28.1. The van der Waals surface area contributed by atoms with E-state index in [0.717, 1.165) is 17.7 Å². The topological polar surface area (TPSA) is 115 Å². The fourth-order valence-electron chi connectivity index (χ4n) is 4.72. The van der Waals surface area contributed by atoms with Crippen molar-refractivity contribution in [3.05, 3.63) is 77.9 Å². The predicted octanol–water partition coefficient (Wildman–Crippen LogP) is 7.13. The summed E-state index contributed by atoms with van der Waals surface area (Å²) < 4.78 is 80.2. The number of carbonyl (C=O) groups is 1. The van der Waals surface area contributed by atoms with Gasteiger partial charge in [0.05, 0.1) is 37.1 Å². The highest BCUT2D eigenvalue weighted by molar-refractivity contribution is 8.15. The van der Waals surface area contributed by atoms with Crippen LogP contribution in [0.4, 0.5) is 33.6 Å². The van der Waals surface area contributed by atoms with Crippen molar-refractivity contribution in [1.29, 1.82) is 0 Å². The van der Waals surface area contributed by atoms with Gasteiger partial charge in [-0.1, -0.05) is 55.9 Å². The van der Waals surface area contributed by atoms with Gasteiger partial charge >= 0.3 is 12.3 Å². The molecule has 5 rings (SSSR count). The quantitative estimate of drug-likeness (QED) is 0.0673. The Kier molecular flexibility index (Phi) is 11.1. The first-order valence-electron chi connectivity index (χ1n) is 15.1. The zero-order valence-electron chi connectivity index (χ0n) is 27.2. The van der Waals surface area contributed by atoms with Gasteiger partial charge in [0.25, 0.3) is 0 Å². The summed E-state index contributed by atoms with van der Waals surface area (Å²) in [5, 5.41) is 16.6. The molecule has 1 fully saturated rings. The minimum absolute atomic E-state index is 0.112. The third kappa shape index (κ3) is 8.22. The number of amidine groups is 1. The molecule has 264 valence electrons. The molecule has 11 nitrogen and oxygen atoms in total. The lowest BCUT2D eigenvalue weighted by atomic mass is 10.00. The minimum Gasteiger partial charge on any atom is -0.497 e. The number of benzene rings is 3. The van der Waals surface area contributed by atoms with Crippen LogP contribution in [0, 0.1) is 0 Å². The molecule has 4 aromatic rings. The smallest absolute Gasteiger partial charge is 0.497 e. The Bertz CT molecular complexity index is 1860. The van der Waals surface area contributed by atoms with E-state index >= 15 is 0 Å². The fourth-order valence-corrected chi connectivity index (χ4v) is 5.54. The van der Waals surface area contributed by atoms with Gasteiger partial charge in [0.1, 0.15) is 11.5 Å². The van der Waals surface area contributed by atoms with Crippen molar-refractivity contribution in [2.75, 3.05) is 43.3 Å². The Morgan fingerprint density at radius 2 is 1.70 bits per heavy atom. The minimum atomic E-state index is -5.87. The normalized spacial score (nSPS) is 14.7. The van der Waals surface area contributed by atoms with E-state index in [1.165, 1.54) is 35.7 Å². The number of hydrogen-bond donors (Lipinski definition) is 1. The molecule has 0 bridgehead atoms. The van der Waals surface area contributed by atoms with Crippen LogP contribution in [0.1, 0.15) is 30.9 Å². The molecule has 1 amide bonds. The van der Waals surface area contributed by atoms with E-state index in [1.807, 2.05) is 32.0 Å². The van der Waals surface area contributed by atoms with Crippen LogP contribution in [0.25, 0.3) is 17.1 Å². The van der Waals surface area contributed by atoms with Gasteiger partial charge in [-0.3, -0.25) is 9.69 Å². The second-order valence-corrected chi connectivity index (χ2v) is 12.0. The number of methoxy groups -OCH3 is 2. The fraction of sp³-hybridized carbons (Fsp3) is 0.303. The third-order valence-electron chi connectivity index (χ3n) is 7.24. The maximum atomic E-state index is 13.4. The summed E-state index contributed by atoms with van der Waals surface area (Å²) in [6.07, 6.45) is -9.68. The number of carbonyl (C=O) groups excluding carboxylic acids is 1. The highest BCUT2D eigenvalue weighted by Crippen LogP contribution is 2.38. The van der Waals surface area contributed by atoms with Crippen LogP contribution in [0.3, 0.4) is 0 Å². The summed E-state index contributed by atoms with van der Waals surface area (Å²) >= 11 is 1.29. The van der Waals surface area contributed by atoms with Crippen molar-refractivity contribution < 1.29 is 41.0 Å². The van der Waals surface area contributed by atoms with E-state index in [0.29, 0.717) is 52.4 Å². The second-order valence-electron chi connectivity index (χ2n) is 11.0. The van der Waals surface area contributed by atoms with Crippen molar-refractivity contribution in [2.24, 2.45) is 10.2 Å². The van der Waals surface area contributed by atoms with Crippen molar-refractivity contribution in [3.8, 4) is 28.6 Å². The summed E-state index contributed by atoms with van der Waals surface area (Å²) in [5.41, 5.74) is 3.31. The molecule has 1 aromatic heterocycles. The number of nitrogens with one attached hydrogen (secondary N) is 1. The van der Waals surface area contributed by atoms with Gasteiger partial charge in [0.15, 0.2) is 11.0 Å². The largest absolute Gasteiger partial charge is 0.499 e. The average molecular weight is 718 g/mol. The lowest BCUT2D eigenvalue weighted by Gasteiger charge is -2.22. The number of thioether (sulfide) groups is 1. The Labute approximate surface area is 288 Å². The molecular weight excluding hydrogens is 685 g/mol. The number of ether oxygens (including phenoxy) is 3. The molecular formula is C33H32F5N7O4S. The molecule has 0 spiro atoms. The molecule has 0 saturated carbocycles. The molecule has 0 aliphatic carbocycles. The second kappa shape index (κ2) is 15.2. The number of rotatable bonds is 13. The number of anilines is 2. The molecule has 0 unspecified atom stereocenters. The number of nitrogens with zero attached hydrogens (tertiary/aromatic N) is 6. The van der Waals surface area contributed by atoms with Crippen LogP contribution >= 0.6 is 11.8 Å².